The van der Waals surface area contributed by atoms with Crippen LogP contribution in [0.1, 0.15) is 122 Å². The number of rotatable bonds is 7. The van der Waals surface area contributed by atoms with Crippen LogP contribution in [-0.4, -0.2) is 93.1 Å². The van der Waals surface area contributed by atoms with E-state index in [0.29, 0.717) is 13.0 Å². The van der Waals surface area contributed by atoms with Crippen LogP contribution in [-0.2, 0) is 20.9 Å². The van der Waals surface area contributed by atoms with Gasteiger partial charge in [0.2, 0.25) is 11.8 Å². The Morgan fingerprint density at radius 3 is 2.37 bits per heavy atom. The average molecular weight is 865 g/mol. The highest BCUT2D eigenvalue weighted by atomic mass is 16.5. The molecule has 63 heavy (non-hydrogen) atoms. The molecule has 0 bridgehead atoms. The molecule has 3 aliphatic heterocycles. The summed E-state index contributed by atoms with van der Waals surface area (Å²) in [6.45, 7) is 13.6. The lowest BCUT2D eigenvalue weighted by molar-refractivity contribution is -0.134. The van der Waals surface area contributed by atoms with Gasteiger partial charge in [0.05, 0.1) is 42.1 Å². The molecule has 0 radical (unpaired) electrons. The number of imidazole rings is 2. The van der Waals surface area contributed by atoms with Gasteiger partial charge in [0.1, 0.15) is 30.5 Å². The zero-order chi connectivity index (χ0) is 46.4. The number of likely N-dealkylation sites (tertiary alicyclic amines) is 2. The molecule has 14 nitrogen and oxygen atoms in total. The number of fused-ring (bicyclic) bond motifs is 6. The molecule has 0 spiro atoms. The van der Waals surface area contributed by atoms with E-state index >= 15 is 0 Å². The number of carbonyl (C=O) groups excluding carboxylic acids is 3. The van der Waals surface area contributed by atoms with Gasteiger partial charge in [-0.2, -0.15) is 0 Å². The summed E-state index contributed by atoms with van der Waals surface area (Å²) in [5, 5.41) is 11.6. The molecule has 3 atom stereocenters. The van der Waals surface area contributed by atoms with Crippen LogP contribution in [0.2, 0.25) is 0 Å². The van der Waals surface area contributed by atoms with Gasteiger partial charge in [0, 0.05) is 37.1 Å². The van der Waals surface area contributed by atoms with E-state index in [0.717, 1.165) is 119 Å². The molecule has 6 N–H and O–H groups in total. The van der Waals surface area contributed by atoms with Crippen LogP contribution in [0.4, 0.5) is 4.79 Å². The Morgan fingerprint density at radius 2 is 1.68 bits per heavy atom. The van der Waals surface area contributed by atoms with E-state index in [2.05, 4.69) is 102 Å². The zero-order valence-electron chi connectivity index (χ0n) is 38.6. The van der Waals surface area contributed by atoms with Gasteiger partial charge in [0.15, 0.2) is 0 Å². The smallest absolute Gasteiger partial charge is 0.407 e. The van der Waals surface area contributed by atoms with E-state index in [1.807, 2.05) is 31.9 Å². The summed E-state index contributed by atoms with van der Waals surface area (Å²) in [5.41, 5.74) is 11.6. The number of aromatic amines is 2. The third-order valence-corrected chi connectivity index (χ3v) is 11.7. The standard InChI is InChI=1S/C40H43N7O5.C3H8.C2H6.C2H2.CH5N.CH4O/c1-22-6-11-32(47(22)35(49)20-42-39(50)51-3)37-41-19-30(44-37)24-7-9-26-25(15-24)21-52-33-17-27-23(16-28(26)33)8-10-29-36(27)45-38(43-29)31-5-4-14-46(31)34(48)18-40(2)12-13-40;1-3-2;4*1-2/h7-10,15-17,19,22,31-32H,4-6,11-14,18,20-21H2,1-3H3,(H,41,44)(H,42,50)(H,43,45);3H2,1-2H3;1-2H3;1-2H;2H2,1H3;2H,1H3/t22-,31?,32?;;;;;/m0...../s1. The highest BCUT2D eigenvalue weighted by molar-refractivity contribution is 6.07. The normalized spacial score (nSPS) is 18.4. The number of nitrogens with zero attached hydrogens (tertiary/aromatic N) is 4. The lowest BCUT2D eigenvalue weighted by Gasteiger charge is -2.27. The van der Waals surface area contributed by atoms with Crippen molar-refractivity contribution in [3.8, 4) is 41.0 Å². The number of nitrogens with one attached hydrogen (secondary N) is 3. The summed E-state index contributed by atoms with van der Waals surface area (Å²) in [7, 11) is 3.78. The molecule has 3 amide bonds. The summed E-state index contributed by atoms with van der Waals surface area (Å²) in [6.07, 6.45) is 16.9. The molecule has 2 unspecified atom stereocenters. The number of hydrogen-bond acceptors (Lipinski definition) is 9. The predicted octanol–water partition coefficient (Wildman–Crippen LogP) is 8.80. The summed E-state index contributed by atoms with van der Waals surface area (Å²) in [5.74, 6) is 2.49. The number of terminal acetylenes is 1. The van der Waals surface area contributed by atoms with Crippen molar-refractivity contribution in [2.24, 2.45) is 11.1 Å². The minimum Gasteiger partial charge on any atom is -0.488 e. The minimum absolute atomic E-state index is 0.0170. The van der Waals surface area contributed by atoms with E-state index in [9.17, 15) is 14.4 Å². The summed E-state index contributed by atoms with van der Waals surface area (Å²) >= 11 is 0. The van der Waals surface area contributed by atoms with Crippen molar-refractivity contribution in [3.63, 3.8) is 0 Å². The topological polar surface area (TPSA) is 192 Å². The van der Waals surface area contributed by atoms with Gasteiger partial charge >= 0.3 is 6.09 Å². The van der Waals surface area contributed by atoms with Crippen LogP contribution in [0.15, 0.2) is 48.7 Å². The van der Waals surface area contributed by atoms with Crippen LogP contribution < -0.4 is 15.8 Å². The van der Waals surface area contributed by atoms with Crippen molar-refractivity contribution in [3.05, 3.63) is 65.9 Å². The van der Waals surface area contributed by atoms with E-state index < -0.39 is 6.09 Å². The monoisotopic (exact) mass is 865 g/mol. The Hall–Kier alpha value is -5.91. The molecular weight excluding hydrogens is 797 g/mol. The van der Waals surface area contributed by atoms with Crippen molar-refractivity contribution >= 4 is 39.7 Å². The molecule has 3 aromatic carbocycles. The first-order valence-corrected chi connectivity index (χ1v) is 22.2. The maximum absolute atomic E-state index is 13.3. The molecule has 1 saturated carbocycles. The van der Waals surface area contributed by atoms with E-state index in [4.69, 9.17) is 19.8 Å². The predicted molar refractivity (Wildman–Crippen MR) is 251 cm³/mol. The van der Waals surface area contributed by atoms with E-state index in [1.165, 1.54) is 20.6 Å². The molecule has 2 aromatic heterocycles. The Bertz CT molecular complexity index is 2330. The Morgan fingerprint density at radius 1 is 0.968 bits per heavy atom. The number of aromatic nitrogens is 4. The Balaban J connectivity index is 0.000000733. The van der Waals surface area contributed by atoms with Crippen molar-refractivity contribution in [1.29, 1.82) is 0 Å². The first-order valence-electron chi connectivity index (χ1n) is 22.2. The first kappa shape index (κ1) is 49.7. The quantitative estimate of drug-likeness (QED) is 0.0995. The largest absolute Gasteiger partial charge is 0.488 e. The fourth-order valence-corrected chi connectivity index (χ4v) is 8.47. The number of benzene rings is 3. The first-order chi connectivity index (χ1) is 30.6. The van der Waals surface area contributed by atoms with Crippen LogP contribution in [0.25, 0.3) is 44.2 Å². The molecule has 3 fully saturated rings. The minimum atomic E-state index is -0.632. The van der Waals surface area contributed by atoms with Crippen LogP contribution >= 0.6 is 0 Å². The molecule has 5 aromatic rings. The number of hydrogen-bond donors (Lipinski definition) is 5. The Kier molecular flexibility index (Phi) is 18.1. The van der Waals surface area contributed by atoms with Crippen molar-refractivity contribution in [2.45, 2.75) is 118 Å². The van der Waals surface area contributed by atoms with Crippen LogP contribution in [0.3, 0.4) is 0 Å². The summed E-state index contributed by atoms with van der Waals surface area (Å²) in [6, 6.07) is 14.7. The van der Waals surface area contributed by atoms with Gasteiger partial charge in [-0.15, -0.1) is 12.8 Å². The number of alkyl carbamates (subject to hydrolysis) is 1. The number of aliphatic hydroxyl groups is 1. The van der Waals surface area contributed by atoms with Gasteiger partial charge in [-0.25, -0.2) is 14.8 Å². The SMILES string of the molecule is C#C.CC.CCC.CN.CO.COC(=O)NCC(=O)N1C(c2ncc(-c3ccc4c(c3)COc3cc5c(ccc6[nH]c(C7CCCN7C(=O)CC7(C)CC7)nc65)cc3-4)[nH]2)CC[C@@H]1C. The number of methoxy groups -OCH3 is 1. The average Bonchev–Trinajstić information content (AvgIpc) is 3.89. The van der Waals surface area contributed by atoms with Crippen LogP contribution in [0.5, 0.6) is 5.75 Å². The molecular formula is C49H68N8O6. The number of ether oxygens (including phenoxy) is 2. The maximum Gasteiger partial charge on any atom is 0.407 e. The van der Waals surface area contributed by atoms with Crippen molar-refractivity contribution < 1.29 is 29.0 Å². The summed E-state index contributed by atoms with van der Waals surface area (Å²) < 4.78 is 11.0. The van der Waals surface area contributed by atoms with Gasteiger partial charge < -0.3 is 45.4 Å². The fraction of sp³-hybridized carbons (Fsp3) is 0.490. The number of amides is 3. The van der Waals surface area contributed by atoms with Gasteiger partial charge in [-0.1, -0.05) is 59.2 Å². The lowest BCUT2D eigenvalue weighted by atomic mass is 9.92. The molecule has 14 heteroatoms. The zero-order valence-corrected chi connectivity index (χ0v) is 38.6. The lowest BCUT2D eigenvalue weighted by Crippen LogP contribution is -2.43. The van der Waals surface area contributed by atoms with Gasteiger partial charge in [-0.3, -0.25) is 9.59 Å². The second-order valence-corrected chi connectivity index (χ2v) is 16.0. The molecule has 2 saturated heterocycles. The third-order valence-electron chi connectivity index (χ3n) is 11.7. The van der Waals surface area contributed by atoms with E-state index in [-0.39, 0.29) is 41.9 Å². The molecule has 9 rings (SSSR count). The Labute approximate surface area is 372 Å². The molecule has 5 heterocycles. The third kappa shape index (κ3) is 11.0. The second-order valence-electron chi connectivity index (χ2n) is 16.0. The van der Waals surface area contributed by atoms with Gasteiger partial charge in [-0.05, 0) is 104 Å². The molecule has 4 aliphatic rings. The highest BCUT2D eigenvalue weighted by Gasteiger charge is 2.42. The number of carbonyl (C=O) groups is 3. The highest BCUT2D eigenvalue weighted by Crippen LogP contribution is 2.49. The summed E-state index contributed by atoms with van der Waals surface area (Å²) in [4.78, 5) is 58.6. The van der Waals surface area contributed by atoms with Gasteiger partial charge in [0.25, 0.3) is 0 Å². The molecule has 1 aliphatic carbocycles. The number of nitrogens with two attached hydrogens (primary N) is 1. The number of H-pyrrole nitrogens is 2. The number of aliphatic hydroxyl groups excluding tert-OH is 1. The second kappa shape index (κ2) is 23.0. The fourth-order valence-electron chi connectivity index (χ4n) is 8.47. The van der Waals surface area contributed by atoms with Crippen molar-refractivity contribution in [2.75, 3.05) is 34.4 Å². The maximum atomic E-state index is 13.3. The van der Waals surface area contributed by atoms with E-state index in [1.54, 1.807) is 4.90 Å². The molecule has 340 valence electrons. The van der Waals surface area contributed by atoms with Crippen LogP contribution in [0, 0.1) is 18.3 Å². The van der Waals surface area contributed by atoms with Crippen molar-refractivity contribution in [1.82, 2.24) is 35.1 Å².